The second kappa shape index (κ2) is 5.06. The Morgan fingerprint density at radius 3 is 2.43 bits per heavy atom. The first-order valence-electron chi connectivity index (χ1n) is 8.36. The van der Waals surface area contributed by atoms with Gasteiger partial charge in [-0.1, -0.05) is 75.5 Å². The predicted octanol–water partition coefficient (Wildman–Crippen LogP) is 4.34. The summed E-state index contributed by atoms with van der Waals surface area (Å²) < 4.78 is -0.298. The van der Waals surface area contributed by atoms with E-state index in [0.717, 1.165) is 31.2 Å². The van der Waals surface area contributed by atoms with Gasteiger partial charge in [-0.05, 0) is 25.7 Å². The van der Waals surface area contributed by atoms with E-state index in [1.165, 1.54) is 6.42 Å². The number of rotatable bonds is 3. The number of hydrogen-bond donors (Lipinski definition) is 1. The summed E-state index contributed by atoms with van der Waals surface area (Å²) in [4.78, 5) is 15.1. The molecule has 23 heavy (non-hydrogen) atoms. The van der Waals surface area contributed by atoms with E-state index in [0.29, 0.717) is 0 Å². The van der Waals surface area contributed by atoms with E-state index < -0.39 is 11.6 Å². The van der Waals surface area contributed by atoms with Gasteiger partial charge in [0, 0.05) is 17.0 Å². The van der Waals surface area contributed by atoms with Crippen LogP contribution in [0.1, 0.15) is 50.8 Å². The molecule has 1 saturated heterocycles. The molecule has 5 heteroatoms. The molecule has 1 amide bonds. The monoisotopic (exact) mass is 441 g/mol. The molecule has 1 aliphatic heterocycles. The Bertz CT molecular complexity index is 644. The molecule has 4 rings (SSSR count). The molecule has 0 radical (unpaired) electrons. The fourth-order valence-corrected chi connectivity index (χ4v) is 7.66. The van der Waals surface area contributed by atoms with Crippen molar-refractivity contribution in [3.63, 3.8) is 0 Å². The van der Waals surface area contributed by atoms with Gasteiger partial charge in [-0.2, -0.15) is 0 Å². The summed E-state index contributed by atoms with van der Waals surface area (Å²) in [6.07, 6.45) is 4.18. The first-order valence-corrected chi connectivity index (χ1v) is 9.95. The van der Waals surface area contributed by atoms with Gasteiger partial charge in [0.15, 0.2) is 6.23 Å². The van der Waals surface area contributed by atoms with Crippen molar-refractivity contribution in [3.8, 4) is 0 Å². The third-order valence-electron chi connectivity index (χ3n) is 6.47. The summed E-state index contributed by atoms with van der Waals surface area (Å²) in [6, 6.07) is 9.59. The quantitative estimate of drug-likeness (QED) is 0.707. The number of halogens is 2. The molecule has 3 nitrogen and oxygen atoms in total. The molecule has 0 aromatic heterocycles. The fourth-order valence-electron chi connectivity index (χ4n) is 4.97. The Hall–Kier alpha value is -0.390. The molecule has 0 bridgehead atoms. The molecule has 2 aliphatic carbocycles. The maximum atomic E-state index is 13.4. The van der Waals surface area contributed by atoms with Crippen molar-refractivity contribution in [1.29, 1.82) is 0 Å². The van der Waals surface area contributed by atoms with Crippen molar-refractivity contribution < 1.29 is 9.90 Å². The molecule has 3 aliphatic rings. The molecule has 2 saturated carbocycles. The van der Waals surface area contributed by atoms with Crippen LogP contribution in [0.25, 0.3) is 0 Å². The van der Waals surface area contributed by atoms with Crippen LogP contribution in [0.5, 0.6) is 0 Å². The van der Waals surface area contributed by atoms with Crippen LogP contribution in [0.2, 0.25) is 0 Å². The molecule has 3 atom stereocenters. The van der Waals surface area contributed by atoms with Crippen LogP contribution < -0.4 is 0 Å². The first-order chi connectivity index (χ1) is 10.9. The number of amides is 1. The molecule has 3 fully saturated rings. The van der Waals surface area contributed by atoms with Crippen molar-refractivity contribution >= 4 is 37.8 Å². The Kier molecular flexibility index (Phi) is 3.54. The number of benzene rings is 1. The normalized spacial score (nSPS) is 34.7. The smallest absolute Gasteiger partial charge is 0.234 e. The minimum Gasteiger partial charge on any atom is -0.369 e. The van der Waals surface area contributed by atoms with Crippen molar-refractivity contribution in [3.05, 3.63) is 35.9 Å². The summed E-state index contributed by atoms with van der Waals surface area (Å²) in [5, 5.41) is 10.9. The van der Waals surface area contributed by atoms with E-state index in [9.17, 15) is 9.90 Å². The van der Waals surface area contributed by atoms with Gasteiger partial charge in [0.25, 0.3) is 0 Å². The number of hydrogen-bond acceptors (Lipinski definition) is 2. The van der Waals surface area contributed by atoms with E-state index in [1.54, 1.807) is 4.90 Å². The van der Waals surface area contributed by atoms with Crippen LogP contribution in [0.15, 0.2) is 30.3 Å². The topological polar surface area (TPSA) is 40.5 Å². The lowest BCUT2D eigenvalue weighted by Crippen LogP contribution is -2.38. The van der Waals surface area contributed by atoms with Gasteiger partial charge in [0.05, 0.1) is 5.41 Å². The van der Waals surface area contributed by atoms with Gasteiger partial charge in [-0.25, -0.2) is 0 Å². The third kappa shape index (κ3) is 1.72. The summed E-state index contributed by atoms with van der Waals surface area (Å²) >= 11 is 7.64. The second-order valence-electron chi connectivity index (χ2n) is 7.18. The number of likely N-dealkylation sites (tertiary alicyclic amines) is 1. The molecule has 1 N–H and O–H groups in total. The van der Waals surface area contributed by atoms with Crippen LogP contribution in [-0.4, -0.2) is 25.2 Å². The molecule has 124 valence electrons. The zero-order valence-electron chi connectivity index (χ0n) is 13.1. The van der Waals surface area contributed by atoms with Crippen LogP contribution >= 0.6 is 31.9 Å². The van der Waals surface area contributed by atoms with Gasteiger partial charge in [0.2, 0.25) is 5.91 Å². The number of aliphatic hydroxyl groups excluding tert-OH is 1. The van der Waals surface area contributed by atoms with Crippen molar-refractivity contribution in [1.82, 2.24) is 4.90 Å². The Balaban J connectivity index is 1.71. The molecular weight excluding hydrogens is 422 g/mol. The van der Waals surface area contributed by atoms with E-state index in [1.807, 2.05) is 30.3 Å². The van der Waals surface area contributed by atoms with Crippen LogP contribution in [0, 0.1) is 10.8 Å². The Morgan fingerprint density at radius 1 is 1.30 bits per heavy atom. The molecule has 1 heterocycles. The SMILES string of the molecule is CCC1C[C@@]2(C(=O)N1[C@H](O)c1ccccc1)C(Br)(Br)C21CCC1. The maximum Gasteiger partial charge on any atom is 0.234 e. The standard InChI is InChI=1S/C18H21Br2NO2/c1-2-13-11-17(16(9-6-10-16)18(17,19)20)15(23)21(13)14(22)12-7-4-3-5-8-12/h3-5,7-8,13-14,22H,2,6,9-11H2,1H3/t13?,14-,17+/m1/s1. The summed E-state index contributed by atoms with van der Waals surface area (Å²) in [5.41, 5.74) is 0.430. The average Bonchev–Trinajstić information content (AvgIpc) is 2.78. The number of carbonyl (C=O) groups excluding carboxylic acids is 1. The Labute approximate surface area is 153 Å². The highest BCUT2D eigenvalue weighted by atomic mass is 79.9. The maximum absolute atomic E-state index is 13.4. The summed E-state index contributed by atoms with van der Waals surface area (Å²) in [6.45, 7) is 2.10. The van der Waals surface area contributed by atoms with E-state index >= 15 is 0 Å². The van der Waals surface area contributed by atoms with Crippen molar-refractivity contribution in [2.24, 2.45) is 10.8 Å². The van der Waals surface area contributed by atoms with Gasteiger partial charge in [-0.15, -0.1) is 0 Å². The first kappa shape index (κ1) is 16.1. The average molecular weight is 443 g/mol. The number of aliphatic hydroxyl groups is 1. The van der Waals surface area contributed by atoms with Crippen LogP contribution in [-0.2, 0) is 4.79 Å². The summed E-state index contributed by atoms with van der Waals surface area (Å²) in [5.74, 6) is 0.106. The number of nitrogens with zero attached hydrogens (tertiary/aromatic N) is 1. The highest BCUT2D eigenvalue weighted by molar-refractivity contribution is 9.25. The van der Waals surface area contributed by atoms with Crippen LogP contribution in [0.3, 0.4) is 0 Å². The van der Waals surface area contributed by atoms with Crippen molar-refractivity contribution in [2.45, 2.75) is 54.5 Å². The minimum absolute atomic E-state index is 0.0374. The zero-order valence-corrected chi connectivity index (χ0v) is 16.3. The van der Waals surface area contributed by atoms with E-state index in [-0.39, 0.29) is 20.6 Å². The lowest BCUT2D eigenvalue weighted by atomic mass is 9.74. The lowest BCUT2D eigenvalue weighted by molar-refractivity contribution is -0.145. The molecule has 1 aromatic carbocycles. The Morgan fingerprint density at radius 2 is 1.96 bits per heavy atom. The van der Waals surface area contributed by atoms with Crippen LogP contribution in [0.4, 0.5) is 0 Å². The number of alkyl halides is 2. The van der Waals surface area contributed by atoms with Gasteiger partial charge < -0.3 is 10.0 Å². The molecule has 2 spiro atoms. The van der Waals surface area contributed by atoms with E-state index in [2.05, 4.69) is 38.8 Å². The number of fused-ring (bicyclic) bond motifs is 1. The molecular formula is C18H21Br2NO2. The number of carbonyl (C=O) groups is 1. The lowest BCUT2D eigenvalue weighted by Gasteiger charge is -2.31. The summed E-state index contributed by atoms with van der Waals surface area (Å²) in [7, 11) is 0. The highest BCUT2D eigenvalue weighted by Gasteiger charge is 2.92. The van der Waals surface area contributed by atoms with Gasteiger partial charge in [-0.3, -0.25) is 4.79 Å². The minimum atomic E-state index is -0.860. The predicted molar refractivity (Wildman–Crippen MR) is 96.2 cm³/mol. The zero-order chi connectivity index (χ0) is 16.5. The third-order valence-corrected chi connectivity index (χ3v) is 9.34. The molecule has 1 unspecified atom stereocenters. The van der Waals surface area contributed by atoms with Crippen molar-refractivity contribution in [2.75, 3.05) is 0 Å². The van der Waals surface area contributed by atoms with Gasteiger partial charge >= 0.3 is 0 Å². The second-order valence-corrected chi connectivity index (χ2v) is 10.6. The largest absolute Gasteiger partial charge is 0.369 e. The highest BCUT2D eigenvalue weighted by Crippen LogP contribution is 2.89. The molecule has 1 aromatic rings. The fraction of sp³-hybridized carbons (Fsp3) is 0.611. The van der Waals surface area contributed by atoms with E-state index in [4.69, 9.17) is 0 Å². The van der Waals surface area contributed by atoms with Gasteiger partial charge in [0.1, 0.15) is 3.23 Å².